The molecule has 5 nitrogen and oxygen atoms in total. The molecule has 1 aromatic heterocycles. The van der Waals surface area contributed by atoms with E-state index in [4.69, 9.17) is 11.6 Å². The Morgan fingerprint density at radius 1 is 1.21 bits per heavy atom. The standard InChI is InChI=1S/C22H28ClN3O2/c1-13-5-7-26(8-6-13)20-11-17(23)10-18(16(20)4)21(27)24-12-19-14(2)9-15(3)25-22(19)28/h9-11,13H,5-8,12H2,1-4H3,(H,24,27)(H,25,28). The van der Waals surface area contributed by atoms with Gasteiger partial charge in [0.1, 0.15) is 0 Å². The molecule has 0 atom stereocenters. The maximum atomic E-state index is 12.9. The number of anilines is 1. The molecule has 28 heavy (non-hydrogen) atoms. The average Bonchev–Trinajstić information content (AvgIpc) is 2.63. The van der Waals surface area contributed by atoms with E-state index in [0.717, 1.165) is 54.4 Å². The first-order valence-corrected chi connectivity index (χ1v) is 10.2. The highest BCUT2D eigenvalue weighted by Crippen LogP contribution is 2.31. The second-order valence-electron chi connectivity index (χ2n) is 7.89. The number of rotatable bonds is 4. The number of aryl methyl sites for hydroxylation is 2. The Hall–Kier alpha value is -2.27. The Labute approximate surface area is 171 Å². The fourth-order valence-electron chi connectivity index (χ4n) is 3.84. The first kappa shape index (κ1) is 20.5. The van der Waals surface area contributed by atoms with Crippen LogP contribution >= 0.6 is 11.6 Å². The predicted molar refractivity (Wildman–Crippen MR) is 115 cm³/mol. The summed E-state index contributed by atoms with van der Waals surface area (Å²) in [5.74, 6) is 0.514. The number of halogens is 1. The molecule has 150 valence electrons. The van der Waals surface area contributed by atoms with Crippen LogP contribution in [0.1, 0.15) is 52.5 Å². The molecule has 6 heteroatoms. The van der Waals surface area contributed by atoms with Gasteiger partial charge in [-0.05, 0) is 68.9 Å². The first-order chi connectivity index (χ1) is 13.3. The van der Waals surface area contributed by atoms with Crippen LogP contribution in [0.15, 0.2) is 23.0 Å². The molecule has 0 unspecified atom stereocenters. The topological polar surface area (TPSA) is 65.2 Å². The van der Waals surface area contributed by atoms with Crippen molar-refractivity contribution in [2.24, 2.45) is 5.92 Å². The molecular formula is C22H28ClN3O2. The maximum Gasteiger partial charge on any atom is 0.253 e. The van der Waals surface area contributed by atoms with Gasteiger partial charge in [0.25, 0.3) is 11.5 Å². The zero-order valence-corrected chi connectivity index (χ0v) is 17.7. The lowest BCUT2D eigenvalue weighted by atomic mass is 9.97. The van der Waals surface area contributed by atoms with E-state index in [1.54, 1.807) is 6.07 Å². The summed E-state index contributed by atoms with van der Waals surface area (Å²) >= 11 is 6.34. The fourth-order valence-corrected chi connectivity index (χ4v) is 4.06. The number of carbonyl (C=O) groups excluding carboxylic acids is 1. The molecule has 1 amide bonds. The molecular weight excluding hydrogens is 374 g/mol. The molecule has 0 radical (unpaired) electrons. The van der Waals surface area contributed by atoms with Crippen molar-refractivity contribution in [2.45, 2.75) is 47.1 Å². The Balaban J connectivity index is 1.81. The number of nitrogens with one attached hydrogen (secondary N) is 2. The van der Waals surface area contributed by atoms with Crippen molar-refractivity contribution in [3.63, 3.8) is 0 Å². The number of hydrogen-bond acceptors (Lipinski definition) is 3. The van der Waals surface area contributed by atoms with Crippen molar-refractivity contribution in [3.8, 4) is 0 Å². The highest BCUT2D eigenvalue weighted by atomic mass is 35.5. The van der Waals surface area contributed by atoms with Gasteiger partial charge in [-0.15, -0.1) is 0 Å². The minimum Gasteiger partial charge on any atom is -0.371 e. The third kappa shape index (κ3) is 4.41. The van der Waals surface area contributed by atoms with E-state index < -0.39 is 0 Å². The molecule has 1 aliphatic rings. The van der Waals surface area contributed by atoms with Crippen molar-refractivity contribution in [1.82, 2.24) is 10.3 Å². The van der Waals surface area contributed by atoms with Gasteiger partial charge in [-0.2, -0.15) is 0 Å². The minimum absolute atomic E-state index is 0.163. The molecule has 0 aliphatic carbocycles. The van der Waals surface area contributed by atoms with Gasteiger partial charge < -0.3 is 15.2 Å². The number of pyridine rings is 1. The molecule has 0 saturated carbocycles. The van der Waals surface area contributed by atoms with E-state index in [1.165, 1.54) is 0 Å². The highest BCUT2D eigenvalue weighted by molar-refractivity contribution is 6.31. The summed E-state index contributed by atoms with van der Waals surface area (Å²) in [6.07, 6.45) is 2.28. The largest absolute Gasteiger partial charge is 0.371 e. The zero-order valence-electron chi connectivity index (χ0n) is 17.0. The van der Waals surface area contributed by atoms with Crippen LogP contribution in [0.2, 0.25) is 5.02 Å². The van der Waals surface area contributed by atoms with Gasteiger partial charge in [0.2, 0.25) is 0 Å². The second kappa shape index (κ2) is 8.39. The summed E-state index contributed by atoms with van der Waals surface area (Å²) in [5.41, 5.74) is 4.59. The number of amides is 1. The van der Waals surface area contributed by atoms with Crippen LogP contribution in [0.3, 0.4) is 0 Å². The summed E-state index contributed by atoms with van der Waals surface area (Å²) in [6, 6.07) is 5.55. The average molecular weight is 402 g/mol. The zero-order chi connectivity index (χ0) is 20.4. The predicted octanol–water partition coefficient (Wildman–Crippen LogP) is 4.12. The summed E-state index contributed by atoms with van der Waals surface area (Å²) in [5, 5.41) is 3.44. The number of aromatic amines is 1. The van der Waals surface area contributed by atoms with Gasteiger partial charge >= 0.3 is 0 Å². The fraction of sp³-hybridized carbons (Fsp3) is 0.455. The van der Waals surface area contributed by atoms with Crippen molar-refractivity contribution in [2.75, 3.05) is 18.0 Å². The van der Waals surface area contributed by atoms with E-state index in [-0.39, 0.29) is 18.0 Å². The molecule has 3 rings (SSSR count). The SMILES string of the molecule is Cc1cc(C)c(CNC(=O)c2cc(Cl)cc(N3CCC(C)CC3)c2C)c(=O)[nH]1. The van der Waals surface area contributed by atoms with Crippen LogP contribution in [-0.2, 0) is 6.54 Å². The summed E-state index contributed by atoms with van der Waals surface area (Å²) in [6.45, 7) is 10.1. The van der Waals surface area contributed by atoms with Gasteiger partial charge in [0, 0.05) is 47.2 Å². The Morgan fingerprint density at radius 2 is 1.89 bits per heavy atom. The monoisotopic (exact) mass is 401 g/mol. The highest BCUT2D eigenvalue weighted by Gasteiger charge is 2.21. The van der Waals surface area contributed by atoms with E-state index in [2.05, 4.69) is 22.1 Å². The van der Waals surface area contributed by atoms with E-state index in [9.17, 15) is 9.59 Å². The van der Waals surface area contributed by atoms with Crippen molar-refractivity contribution in [1.29, 1.82) is 0 Å². The summed E-state index contributed by atoms with van der Waals surface area (Å²) in [4.78, 5) is 30.1. The van der Waals surface area contributed by atoms with E-state index >= 15 is 0 Å². The Morgan fingerprint density at radius 3 is 2.54 bits per heavy atom. The van der Waals surface area contributed by atoms with E-state index in [0.29, 0.717) is 16.1 Å². The van der Waals surface area contributed by atoms with Crippen LogP contribution in [0.4, 0.5) is 5.69 Å². The third-order valence-electron chi connectivity index (χ3n) is 5.63. The Kier molecular flexibility index (Phi) is 6.14. The summed E-state index contributed by atoms with van der Waals surface area (Å²) in [7, 11) is 0. The lowest BCUT2D eigenvalue weighted by Crippen LogP contribution is -2.34. The number of piperidine rings is 1. The van der Waals surface area contributed by atoms with Gasteiger partial charge in [-0.3, -0.25) is 9.59 Å². The van der Waals surface area contributed by atoms with Crippen molar-refractivity contribution in [3.05, 3.63) is 61.5 Å². The minimum atomic E-state index is -0.217. The molecule has 0 bridgehead atoms. The maximum absolute atomic E-state index is 12.9. The molecule has 0 spiro atoms. The Bertz CT molecular complexity index is 944. The van der Waals surface area contributed by atoms with Crippen LogP contribution in [0, 0.1) is 26.7 Å². The number of H-pyrrole nitrogens is 1. The van der Waals surface area contributed by atoms with Gasteiger partial charge in [0.15, 0.2) is 0 Å². The number of benzene rings is 1. The number of nitrogens with zero attached hydrogens (tertiary/aromatic N) is 1. The van der Waals surface area contributed by atoms with Crippen molar-refractivity contribution < 1.29 is 4.79 Å². The third-order valence-corrected chi connectivity index (χ3v) is 5.85. The second-order valence-corrected chi connectivity index (χ2v) is 8.33. The summed E-state index contributed by atoms with van der Waals surface area (Å²) < 4.78 is 0. The van der Waals surface area contributed by atoms with Gasteiger partial charge in [-0.1, -0.05) is 18.5 Å². The first-order valence-electron chi connectivity index (χ1n) is 9.79. The molecule has 2 heterocycles. The van der Waals surface area contributed by atoms with Crippen LogP contribution in [0.5, 0.6) is 0 Å². The molecule has 1 saturated heterocycles. The van der Waals surface area contributed by atoms with Gasteiger partial charge in [0.05, 0.1) is 0 Å². The number of carbonyl (C=O) groups is 1. The molecule has 2 N–H and O–H groups in total. The van der Waals surface area contributed by atoms with Gasteiger partial charge in [-0.25, -0.2) is 0 Å². The van der Waals surface area contributed by atoms with E-state index in [1.807, 2.05) is 32.9 Å². The molecule has 1 fully saturated rings. The molecule has 1 aliphatic heterocycles. The molecule has 2 aromatic rings. The normalized spacial score (nSPS) is 15.0. The van der Waals surface area contributed by atoms with Crippen LogP contribution < -0.4 is 15.8 Å². The van der Waals surface area contributed by atoms with Crippen molar-refractivity contribution >= 4 is 23.2 Å². The number of aromatic nitrogens is 1. The smallest absolute Gasteiger partial charge is 0.253 e. The van der Waals surface area contributed by atoms with Crippen LogP contribution in [-0.4, -0.2) is 24.0 Å². The molecule has 1 aromatic carbocycles. The lowest BCUT2D eigenvalue weighted by molar-refractivity contribution is 0.0950. The van der Waals surface area contributed by atoms with Crippen LogP contribution in [0.25, 0.3) is 0 Å². The number of hydrogen-bond donors (Lipinski definition) is 2. The quantitative estimate of drug-likeness (QED) is 0.809. The lowest BCUT2D eigenvalue weighted by Gasteiger charge is -2.33.